The number of carbonyl (C=O) groups is 1. The Morgan fingerprint density at radius 1 is 0.486 bits per heavy atom. The van der Waals surface area contributed by atoms with Gasteiger partial charge in [0.15, 0.2) is 12.6 Å². The number of ether oxygens (including phenoxy) is 4. The van der Waals surface area contributed by atoms with Crippen LogP contribution < -0.4 is 5.32 Å². The number of hydrogen-bond acceptors (Lipinski definition) is 13. The lowest BCUT2D eigenvalue weighted by Gasteiger charge is -2.46. The Bertz CT molecular complexity index is 1350. The Morgan fingerprint density at radius 3 is 1.36 bits per heavy atom. The lowest BCUT2D eigenvalue weighted by molar-refractivity contribution is -0.359. The van der Waals surface area contributed by atoms with Gasteiger partial charge < -0.3 is 65.1 Å². The molecule has 2 heterocycles. The number of unbranched alkanes of at least 4 members (excludes halogenated alkanes) is 29. The molecule has 72 heavy (non-hydrogen) atoms. The largest absolute Gasteiger partial charge is 0.394 e. The fourth-order valence-electron chi connectivity index (χ4n) is 9.56. The van der Waals surface area contributed by atoms with Crippen molar-refractivity contribution in [2.75, 3.05) is 19.8 Å². The van der Waals surface area contributed by atoms with Crippen molar-refractivity contribution < 1.29 is 64.6 Å². The predicted octanol–water partition coefficient (Wildman–Crippen LogP) is 9.44. The fraction of sp³-hybridized carbons (Fsp3) is 0.879. The van der Waals surface area contributed by atoms with Crippen LogP contribution in [0.4, 0.5) is 0 Å². The molecule has 0 aromatic heterocycles. The van der Waals surface area contributed by atoms with Crippen LogP contribution in [0.1, 0.15) is 232 Å². The first-order valence-electron chi connectivity index (χ1n) is 29.2. The van der Waals surface area contributed by atoms with Gasteiger partial charge >= 0.3 is 0 Å². The van der Waals surface area contributed by atoms with E-state index in [1.807, 2.05) is 6.08 Å². The van der Waals surface area contributed by atoms with Crippen LogP contribution in [0.3, 0.4) is 0 Å². The standard InChI is InChI=1S/C58H107NO13/c1-3-5-7-9-11-13-15-17-19-20-21-22-23-24-25-26-28-29-31-33-35-37-39-41-47(62)46(59-50(63)42-40-38-36-34-32-30-27-18-16-14-12-10-8-6-4-2)45-69-57-55(68)53(66)56(49(44-61)71-57)72-58-54(67)52(65)51(64)48(43-60)70-58/h25-26,31,33,39,41,46-49,51-58,60-62,64-68H,3-24,27-30,32,34-38,40,42-45H2,1-2H3,(H,59,63)/b26-25+,33-31+,41-39+. The van der Waals surface area contributed by atoms with Crippen molar-refractivity contribution in [3.8, 4) is 0 Å². The zero-order valence-electron chi connectivity index (χ0n) is 45.2. The van der Waals surface area contributed by atoms with Gasteiger partial charge in [0, 0.05) is 6.42 Å². The minimum Gasteiger partial charge on any atom is -0.394 e. The molecule has 0 aliphatic carbocycles. The second kappa shape index (κ2) is 44.3. The number of allylic oxidation sites excluding steroid dienone is 5. The zero-order chi connectivity index (χ0) is 52.4. The smallest absolute Gasteiger partial charge is 0.220 e. The van der Waals surface area contributed by atoms with Crippen LogP contribution in [0.2, 0.25) is 0 Å². The van der Waals surface area contributed by atoms with Crippen LogP contribution in [0, 0.1) is 0 Å². The van der Waals surface area contributed by atoms with Gasteiger partial charge in [0.1, 0.15) is 48.8 Å². The van der Waals surface area contributed by atoms with E-state index >= 15 is 0 Å². The van der Waals surface area contributed by atoms with Gasteiger partial charge in [0.25, 0.3) is 0 Å². The molecule has 0 bridgehead atoms. The molecule has 0 saturated carbocycles. The first kappa shape index (κ1) is 66.3. The molecule has 422 valence electrons. The second-order valence-corrected chi connectivity index (χ2v) is 20.8. The normalized spacial score (nSPS) is 25.8. The lowest BCUT2D eigenvalue weighted by atomic mass is 9.97. The van der Waals surface area contributed by atoms with Crippen molar-refractivity contribution in [1.29, 1.82) is 0 Å². The molecular formula is C58H107NO13. The lowest BCUT2D eigenvalue weighted by Crippen LogP contribution is -2.65. The molecule has 2 saturated heterocycles. The molecule has 14 nitrogen and oxygen atoms in total. The summed E-state index contributed by atoms with van der Waals surface area (Å²) in [6.45, 7) is 2.78. The van der Waals surface area contributed by atoms with Gasteiger partial charge in [-0.15, -0.1) is 0 Å². The molecule has 2 aliphatic rings. The average Bonchev–Trinajstić information content (AvgIpc) is 3.38. The maximum atomic E-state index is 13.2. The highest BCUT2D eigenvalue weighted by molar-refractivity contribution is 5.76. The summed E-state index contributed by atoms with van der Waals surface area (Å²) < 4.78 is 22.7. The van der Waals surface area contributed by atoms with Crippen LogP contribution in [0.25, 0.3) is 0 Å². The molecule has 12 atom stereocenters. The van der Waals surface area contributed by atoms with E-state index < -0.39 is 86.8 Å². The number of aliphatic hydroxyl groups excluding tert-OH is 8. The van der Waals surface area contributed by atoms with Crippen LogP contribution in [0.15, 0.2) is 36.5 Å². The zero-order valence-corrected chi connectivity index (χ0v) is 45.2. The van der Waals surface area contributed by atoms with Gasteiger partial charge in [-0.3, -0.25) is 4.79 Å². The van der Waals surface area contributed by atoms with Crippen LogP contribution in [-0.2, 0) is 23.7 Å². The van der Waals surface area contributed by atoms with E-state index in [1.54, 1.807) is 6.08 Å². The molecule has 9 N–H and O–H groups in total. The van der Waals surface area contributed by atoms with E-state index in [-0.39, 0.29) is 18.9 Å². The molecule has 0 spiro atoms. The fourth-order valence-corrected chi connectivity index (χ4v) is 9.56. The molecule has 2 fully saturated rings. The summed E-state index contributed by atoms with van der Waals surface area (Å²) in [4.78, 5) is 13.2. The Hall–Kier alpha value is -1.79. The molecule has 0 aromatic carbocycles. The van der Waals surface area contributed by atoms with Crippen LogP contribution in [-0.4, -0.2) is 140 Å². The Morgan fingerprint density at radius 2 is 0.889 bits per heavy atom. The van der Waals surface area contributed by atoms with Crippen molar-refractivity contribution >= 4 is 5.91 Å². The van der Waals surface area contributed by atoms with E-state index in [1.165, 1.54) is 154 Å². The number of carbonyl (C=O) groups excluding carboxylic acids is 1. The minimum absolute atomic E-state index is 0.251. The summed E-state index contributed by atoms with van der Waals surface area (Å²) in [6.07, 6.45) is 36.2. The van der Waals surface area contributed by atoms with Crippen LogP contribution in [0.5, 0.6) is 0 Å². The van der Waals surface area contributed by atoms with Crippen molar-refractivity contribution in [2.45, 2.75) is 306 Å². The van der Waals surface area contributed by atoms with Crippen molar-refractivity contribution in [3.63, 3.8) is 0 Å². The number of amides is 1. The van der Waals surface area contributed by atoms with Gasteiger partial charge in [-0.05, 0) is 44.9 Å². The van der Waals surface area contributed by atoms with E-state index in [0.29, 0.717) is 12.8 Å². The highest BCUT2D eigenvalue weighted by Gasteiger charge is 2.51. The molecule has 0 aromatic rings. The third-order valence-electron chi connectivity index (χ3n) is 14.3. The van der Waals surface area contributed by atoms with Gasteiger partial charge in [-0.1, -0.05) is 217 Å². The SMILES string of the molecule is CCCCCCCCCCCCCCC/C=C/CC/C=C/CC/C=C/C(O)C(COC1OC(CO)C(OC2OC(CO)C(O)C(O)C2O)C(O)C1O)NC(=O)CCCCCCCCCCCCCCCCC. The van der Waals surface area contributed by atoms with Crippen molar-refractivity contribution in [1.82, 2.24) is 5.32 Å². The van der Waals surface area contributed by atoms with Crippen molar-refractivity contribution in [2.24, 2.45) is 0 Å². The van der Waals surface area contributed by atoms with E-state index in [0.717, 1.165) is 44.9 Å². The van der Waals surface area contributed by atoms with Gasteiger partial charge in [0.05, 0.1) is 32.0 Å². The quantitative estimate of drug-likeness (QED) is 0.0205. The van der Waals surface area contributed by atoms with Gasteiger partial charge in [0.2, 0.25) is 5.91 Å². The maximum Gasteiger partial charge on any atom is 0.220 e. The minimum atomic E-state index is -1.79. The third-order valence-corrected chi connectivity index (χ3v) is 14.3. The molecule has 1 amide bonds. The summed E-state index contributed by atoms with van der Waals surface area (Å²) in [5, 5.41) is 87.0. The number of hydrogen-bond donors (Lipinski definition) is 9. The predicted molar refractivity (Wildman–Crippen MR) is 286 cm³/mol. The van der Waals surface area contributed by atoms with E-state index in [9.17, 15) is 45.6 Å². The summed E-state index contributed by atoms with van der Waals surface area (Å²) in [5.74, 6) is -0.251. The summed E-state index contributed by atoms with van der Waals surface area (Å²) in [6, 6.07) is -0.934. The molecule has 14 heteroatoms. The molecule has 2 aliphatic heterocycles. The highest BCUT2D eigenvalue weighted by atomic mass is 16.7. The first-order chi connectivity index (χ1) is 35.1. The molecule has 0 radical (unpaired) electrons. The average molecular weight is 1030 g/mol. The third kappa shape index (κ3) is 30.1. The summed E-state index contributed by atoms with van der Waals surface area (Å²) in [5.41, 5.74) is 0. The van der Waals surface area contributed by atoms with Crippen LogP contribution >= 0.6 is 0 Å². The second-order valence-electron chi connectivity index (χ2n) is 20.8. The maximum absolute atomic E-state index is 13.2. The molecular weight excluding hydrogens is 919 g/mol. The van der Waals surface area contributed by atoms with Gasteiger partial charge in [-0.25, -0.2) is 0 Å². The monoisotopic (exact) mass is 1030 g/mol. The van der Waals surface area contributed by atoms with Gasteiger partial charge in [-0.2, -0.15) is 0 Å². The number of nitrogens with one attached hydrogen (secondary N) is 1. The topological polar surface area (TPSA) is 228 Å². The van der Waals surface area contributed by atoms with E-state index in [4.69, 9.17) is 18.9 Å². The molecule has 2 rings (SSSR count). The van der Waals surface area contributed by atoms with E-state index in [2.05, 4.69) is 43.5 Å². The summed E-state index contributed by atoms with van der Waals surface area (Å²) in [7, 11) is 0. The summed E-state index contributed by atoms with van der Waals surface area (Å²) >= 11 is 0. The number of aliphatic hydroxyl groups is 8. The first-order valence-corrected chi connectivity index (χ1v) is 29.2. The molecule has 12 unspecified atom stereocenters. The van der Waals surface area contributed by atoms with Crippen molar-refractivity contribution in [3.05, 3.63) is 36.5 Å². The Kier molecular flexibility index (Phi) is 40.9. The number of rotatable bonds is 46. The Labute approximate surface area is 436 Å². The Balaban J connectivity index is 1.80. The highest BCUT2D eigenvalue weighted by Crippen LogP contribution is 2.30.